The minimum atomic E-state index is 0.234. The highest BCUT2D eigenvalue weighted by molar-refractivity contribution is 5.80. The van der Waals surface area contributed by atoms with Crippen LogP contribution in [0.15, 0.2) is 0 Å². The van der Waals surface area contributed by atoms with Crippen molar-refractivity contribution in [2.24, 2.45) is 0 Å². The van der Waals surface area contributed by atoms with Gasteiger partial charge < -0.3 is 4.90 Å². The van der Waals surface area contributed by atoms with Gasteiger partial charge in [0.1, 0.15) is 0 Å². The van der Waals surface area contributed by atoms with Crippen LogP contribution >= 0.6 is 0 Å². The van der Waals surface area contributed by atoms with E-state index >= 15 is 0 Å². The van der Waals surface area contributed by atoms with Crippen LogP contribution < -0.4 is 0 Å². The van der Waals surface area contributed by atoms with Crippen LogP contribution in [0, 0.1) is 6.42 Å². The van der Waals surface area contributed by atoms with Crippen molar-refractivity contribution in [3.8, 4) is 0 Å². The molecule has 1 saturated heterocycles. The number of carbonyl (C=O) groups excluding carboxylic acids is 1. The Labute approximate surface area is 49.5 Å². The SMILES string of the molecule is CC1[CH]CC(=O)N1C. The molecule has 1 aliphatic heterocycles. The Morgan fingerprint density at radius 1 is 1.88 bits per heavy atom. The average molecular weight is 112 g/mol. The Bertz CT molecular complexity index is 111. The highest BCUT2D eigenvalue weighted by atomic mass is 16.2. The van der Waals surface area contributed by atoms with Crippen LogP contribution in [0.25, 0.3) is 0 Å². The van der Waals surface area contributed by atoms with Gasteiger partial charge in [-0.2, -0.15) is 0 Å². The van der Waals surface area contributed by atoms with E-state index in [1.807, 2.05) is 20.4 Å². The van der Waals surface area contributed by atoms with Crippen LogP contribution in [-0.4, -0.2) is 23.9 Å². The lowest BCUT2D eigenvalue weighted by Crippen LogP contribution is -2.25. The Kier molecular flexibility index (Phi) is 1.24. The molecule has 1 heterocycles. The average Bonchev–Trinajstić information content (AvgIpc) is 1.98. The lowest BCUT2D eigenvalue weighted by atomic mass is 10.2. The smallest absolute Gasteiger partial charge is 0.222 e. The molecule has 1 fully saturated rings. The third kappa shape index (κ3) is 0.703. The first-order valence-corrected chi connectivity index (χ1v) is 2.81. The van der Waals surface area contributed by atoms with E-state index in [1.54, 1.807) is 4.90 Å². The maximum absolute atomic E-state index is 10.7. The molecule has 0 spiro atoms. The van der Waals surface area contributed by atoms with Crippen molar-refractivity contribution in [3.63, 3.8) is 0 Å². The molecule has 1 aliphatic rings. The normalized spacial score (nSPS) is 29.5. The van der Waals surface area contributed by atoms with Crippen molar-refractivity contribution in [3.05, 3.63) is 6.42 Å². The molecule has 1 amide bonds. The van der Waals surface area contributed by atoms with Gasteiger partial charge in [0, 0.05) is 19.5 Å². The molecule has 1 unspecified atom stereocenters. The largest absolute Gasteiger partial charge is 0.343 e. The molecule has 0 N–H and O–H groups in total. The van der Waals surface area contributed by atoms with Crippen molar-refractivity contribution in [1.29, 1.82) is 0 Å². The number of likely N-dealkylation sites (tertiary alicyclic amines) is 1. The van der Waals surface area contributed by atoms with Gasteiger partial charge in [0.2, 0.25) is 5.91 Å². The molecule has 2 heteroatoms. The number of nitrogens with zero attached hydrogens (tertiary/aromatic N) is 1. The molecule has 0 aromatic carbocycles. The molecular weight excluding hydrogens is 102 g/mol. The summed E-state index contributed by atoms with van der Waals surface area (Å²) in [5.41, 5.74) is 0. The van der Waals surface area contributed by atoms with Crippen molar-refractivity contribution in [1.82, 2.24) is 4.90 Å². The zero-order valence-electron chi connectivity index (χ0n) is 5.22. The van der Waals surface area contributed by atoms with Crippen LogP contribution in [0.4, 0.5) is 0 Å². The number of rotatable bonds is 0. The van der Waals surface area contributed by atoms with E-state index in [4.69, 9.17) is 0 Å². The van der Waals surface area contributed by atoms with Crippen LogP contribution in [0.3, 0.4) is 0 Å². The predicted octanol–water partition coefficient (Wildman–Crippen LogP) is 0.441. The number of hydrogen-bond donors (Lipinski definition) is 0. The van der Waals surface area contributed by atoms with Crippen molar-refractivity contribution in [2.45, 2.75) is 19.4 Å². The Balaban J connectivity index is 2.56. The van der Waals surface area contributed by atoms with Gasteiger partial charge in [0.25, 0.3) is 0 Å². The number of carbonyl (C=O) groups is 1. The summed E-state index contributed by atoms with van der Waals surface area (Å²) in [6, 6.07) is 0.350. The van der Waals surface area contributed by atoms with E-state index in [-0.39, 0.29) is 5.91 Å². The highest BCUT2D eigenvalue weighted by Crippen LogP contribution is 2.13. The third-order valence-corrected chi connectivity index (χ3v) is 1.64. The van der Waals surface area contributed by atoms with Crippen molar-refractivity contribution in [2.75, 3.05) is 7.05 Å². The quantitative estimate of drug-likeness (QED) is 0.445. The van der Waals surface area contributed by atoms with E-state index in [9.17, 15) is 4.79 Å². The summed E-state index contributed by atoms with van der Waals surface area (Å²) >= 11 is 0. The van der Waals surface area contributed by atoms with E-state index in [1.165, 1.54) is 0 Å². The van der Waals surface area contributed by atoms with Crippen molar-refractivity contribution >= 4 is 5.91 Å². The fourth-order valence-corrected chi connectivity index (χ4v) is 0.801. The summed E-state index contributed by atoms with van der Waals surface area (Å²) in [6.07, 6.45) is 2.64. The first kappa shape index (κ1) is 5.60. The molecule has 0 aromatic rings. The zero-order chi connectivity index (χ0) is 6.15. The van der Waals surface area contributed by atoms with E-state index in [2.05, 4.69) is 0 Å². The van der Waals surface area contributed by atoms with Crippen LogP contribution in [-0.2, 0) is 4.79 Å². The van der Waals surface area contributed by atoms with Gasteiger partial charge in [-0.3, -0.25) is 4.79 Å². The van der Waals surface area contributed by atoms with Gasteiger partial charge >= 0.3 is 0 Å². The van der Waals surface area contributed by atoms with Gasteiger partial charge in [0.05, 0.1) is 0 Å². The molecule has 0 aromatic heterocycles. The summed E-state index contributed by atoms with van der Waals surface area (Å²) in [5.74, 6) is 0.234. The van der Waals surface area contributed by atoms with E-state index in [0.29, 0.717) is 12.5 Å². The van der Waals surface area contributed by atoms with Gasteiger partial charge in [-0.15, -0.1) is 0 Å². The van der Waals surface area contributed by atoms with Gasteiger partial charge in [0.15, 0.2) is 0 Å². The second kappa shape index (κ2) is 1.77. The summed E-state index contributed by atoms with van der Waals surface area (Å²) in [5, 5.41) is 0. The second-order valence-electron chi connectivity index (χ2n) is 2.19. The first-order valence-electron chi connectivity index (χ1n) is 2.81. The minimum absolute atomic E-state index is 0.234. The van der Waals surface area contributed by atoms with Crippen LogP contribution in [0.5, 0.6) is 0 Å². The molecule has 1 atom stereocenters. The predicted molar refractivity (Wildman–Crippen MR) is 31.1 cm³/mol. The Morgan fingerprint density at radius 2 is 2.50 bits per heavy atom. The van der Waals surface area contributed by atoms with Gasteiger partial charge in [-0.1, -0.05) is 0 Å². The van der Waals surface area contributed by atoms with Crippen molar-refractivity contribution < 1.29 is 4.79 Å². The summed E-state index contributed by atoms with van der Waals surface area (Å²) in [6.45, 7) is 2.02. The molecule has 1 rings (SSSR count). The lowest BCUT2D eigenvalue weighted by Gasteiger charge is -2.13. The number of amides is 1. The molecule has 2 nitrogen and oxygen atoms in total. The summed E-state index contributed by atoms with van der Waals surface area (Å²) < 4.78 is 0. The van der Waals surface area contributed by atoms with Crippen LogP contribution in [0.2, 0.25) is 0 Å². The molecule has 0 bridgehead atoms. The molecule has 0 aliphatic carbocycles. The topological polar surface area (TPSA) is 20.3 Å². The molecule has 1 radical (unpaired) electrons. The van der Waals surface area contributed by atoms with Crippen LogP contribution in [0.1, 0.15) is 13.3 Å². The Morgan fingerprint density at radius 3 is 2.62 bits per heavy atom. The van der Waals surface area contributed by atoms with Gasteiger partial charge in [-0.05, 0) is 13.3 Å². The maximum atomic E-state index is 10.7. The molecule has 45 valence electrons. The molecular formula is C6H10NO. The highest BCUT2D eigenvalue weighted by Gasteiger charge is 2.23. The standard InChI is InChI=1S/C6H10NO/c1-5-3-4-6(8)7(5)2/h3,5H,4H2,1-2H3. The Hall–Kier alpha value is -0.530. The second-order valence-corrected chi connectivity index (χ2v) is 2.19. The fourth-order valence-electron chi connectivity index (χ4n) is 0.801. The van der Waals surface area contributed by atoms with E-state index < -0.39 is 0 Å². The molecule has 0 saturated carbocycles. The zero-order valence-corrected chi connectivity index (χ0v) is 5.22. The van der Waals surface area contributed by atoms with Gasteiger partial charge in [-0.25, -0.2) is 0 Å². The monoisotopic (exact) mass is 112 g/mol. The minimum Gasteiger partial charge on any atom is -0.343 e. The maximum Gasteiger partial charge on any atom is 0.222 e. The van der Waals surface area contributed by atoms with E-state index in [0.717, 1.165) is 0 Å². The molecule has 8 heavy (non-hydrogen) atoms. The lowest BCUT2D eigenvalue weighted by molar-refractivity contribution is -0.127. The third-order valence-electron chi connectivity index (χ3n) is 1.64. The first-order chi connectivity index (χ1) is 3.72. The number of hydrogen-bond acceptors (Lipinski definition) is 1. The fraction of sp³-hybridized carbons (Fsp3) is 0.667. The summed E-state index contributed by atoms with van der Waals surface area (Å²) in [4.78, 5) is 12.4. The summed E-state index contributed by atoms with van der Waals surface area (Å²) in [7, 11) is 1.83.